The second-order valence-electron chi connectivity index (χ2n) is 5.00. The fraction of sp³-hybridized carbons (Fsp3) is 0.400. The van der Waals surface area contributed by atoms with Gasteiger partial charge in [0.15, 0.2) is 0 Å². The molecule has 0 atom stereocenters. The van der Waals surface area contributed by atoms with Gasteiger partial charge < -0.3 is 15.5 Å². The van der Waals surface area contributed by atoms with Crippen LogP contribution in [0.2, 0.25) is 0 Å². The Bertz CT molecular complexity index is 568. The first kappa shape index (κ1) is 12.2. The van der Waals surface area contributed by atoms with Crippen LogP contribution in [0, 0.1) is 0 Å². The number of rotatable bonds is 2. The molecule has 0 amide bonds. The van der Waals surface area contributed by atoms with Crippen molar-refractivity contribution < 1.29 is 0 Å². The zero-order valence-corrected chi connectivity index (χ0v) is 11.3. The average molecular weight is 256 g/mol. The van der Waals surface area contributed by atoms with Crippen LogP contribution in [0.15, 0.2) is 30.5 Å². The van der Waals surface area contributed by atoms with Gasteiger partial charge in [0.1, 0.15) is 5.82 Å². The van der Waals surface area contributed by atoms with E-state index in [1.807, 2.05) is 24.4 Å². The third-order valence-corrected chi connectivity index (χ3v) is 3.92. The third kappa shape index (κ3) is 2.24. The molecule has 0 spiro atoms. The Balaban J connectivity index is 1.97. The minimum atomic E-state index is 0.818. The lowest BCUT2D eigenvalue weighted by Gasteiger charge is -2.35. The van der Waals surface area contributed by atoms with Gasteiger partial charge in [-0.3, -0.25) is 0 Å². The number of nitrogen functional groups attached to an aromatic ring is 1. The summed E-state index contributed by atoms with van der Waals surface area (Å²) < 4.78 is 0. The van der Waals surface area contributed by atoms with Crippen molar-refractivity contribution in [2.24, 2.45) is 0 Å². The Labute approximate surface area is 113 Å². The molecule has 2 N–H and O–H groups in total. The van der Waals surface area contributed by atoms with Gasteiger partial charge >= 0.3 is 0 Å². The van der Waals surface area contributed by atoms with Gasteiger partial charge in [-0.2, -0.15) is 0 Å². The molecule has 4 nitrogen and oxygen atoms in total. The van der Waals surface area contributed by atoms with Crippen LogP contribution in [0.4, 0.5) is 11.5 Å². The van der Waals surface area contributed by atoms with E-state index in [1.54, 1.807) is 0 Å². The number of hydrogen-bond acceptors (Lipinski definition) is 4. The maximum atomic E-state index is 6.14. The molecule has 1 saturated heterocycles. The highest BCUT2D eigenvalue weighted by Gasteiger charge is 2.19. The molecule has 3 rings (SSSR count). The summed E-state index contributed by atoms with van der Waals surface area (Å²) in [5.41, 5.74) is 6.96. The molecule has 1 fully saturated rings. The molecule has 19 heavy (non-hydrogen) atoms. The van der Waals surface area contributed by atoms with Crippen molar-refractivity contribution in [3.05, 3.63) is 30.5 Å². The van der Waals surface area contributed by atoms with Crippen molar-refractivity contribution >= 4 is 22.3 Å². The van der Waals surface area contributed by atoms with Gasteiger partial charge in [0.05, 0.1) is 0 Å². The SMILES string of the molecule is CCN1CCN(c2nccc3cccc(N)c23)CC1. The molecule has 0 unspecified atom stereocenters. The smallest absolute Gasteiger partial charge is 0.138 e. The Morgan fingerprint density at radius 3 is 2.68 bits per heavy atom. The molecule has 2 heterocycles. The minimum Gasteiger partial charge on any atom is -0.398 e. The van der Waals surface area contributed by atoms with Crippen LogP contribution < -0.4 is 10.6 Å². The van der Waals surface area contributed by atoms with Crippen molar-refractivity contribution in [2.45, 2.75) is 6.92 Å². The molecule has 0 saturated carbocycles. The number of aromatic nitrogens is 1. The van der Waals surface area contributed by atoms with Crippen molar-refractivity contribution in [1.29, 1.82) is 0 Å². The summed E-state index contributed by atoms with van der Waals surface area (Å²) in [4.78, 5) is 9.38. The molecule has 2 aromatic rings. The normalized spacial score (nSPS) is 17.0. The van der Waals surface area contributed by atoms with Crippen LogP contribution in [0.3, 0.4) is 0 Å². The number of nitrogens with zero attached hydrogens (tertiary/aromatic N) is 3. The lowest BCUT2D eigenvalue weighted by Crippen LogP contribution is -2.46. The molecule has 0 bridgehead atoms. The van der Waals surface area contributed by atoms with Crippen LogP contribution >= 0.6 is 0 Å². The van der Waals surface area contributed by atoms with Gasteiger partial charge in [0.25, 0.3) is 0 Å². The van der Waals surface area contributed by atoms with E-state index in [4.69, 9.17) is 5.73 Å². The summed E-state index contributed by atoms with van der Waals surface area (Å²) >= 11 is 0. The maximum absolute atomic E-state index is 6.14. The summed E-state index contributed by atoms with van der Waals surface area (Å²) in [7, 11) is 0. The monoisotopic (exact) mass is 256 g/mol. The van der Waals surface area contributed by atoms with Crippen molar-refractivity contribution in [3.8, 4) is 0 Å². The number of likely N-dealkylation sites (N-methyl/N-ethyl adjacent to an activating group) is 1. The van der Waals surface area contributed by atoms with Gasteiger partial charge in [-0.25, -0.2) is 4.98 Å². The highest BCUT2D eigenvalue weighted by atomic mass is 15.3. The van der Waals surface area contributed by atoms with E-state index in [0.29, 0.717) is 0 Å². The number of piperazine rings is 1. The molecule has 0 aliphatic carbocycles. The maximum Gasteiger partial charge on any atom is 0.138 e. The Kier molecular flexibility index (Phi) is 3.25. The lowest BCUT2D eigenvalue weighted by atomic mass is 10.1. The Morgan fingerprint density at radius 2 is 1.95 bits per heavy atom. The largest absolute Gasteiger partial charge is 0.398 e. The summed E-state index contributed by atoms with van der Waals surface area (Å²) in [5, 5.41) is 2.26. The van der Waals surface area contributed by atoms with Crippen LogP contribution in [0.25, 0.3) is 10.8 Å². The predicted octanol–water partition coefficient (Wildman–Crippen LogP) is 1.96. The predicted molar refractivity (Wildman–Crippen MR) is 80.5 cm³/mol. The first-order valence-corrected chi connectivity index (χ1v) is 6.90. The highest BCUT2D eigenvalue weighted by Crippen LogP contribution is 2.29. The molecule has 1 aliphatic rings. The number of anilines is 2. The summed E-state index contributed by atoms with van der Waals surface area (Å²) in [6.45, 7) is 7.58. The molecule has 1 aliphatic heterocycles. The fourth-order valence-corrected chi connectivity index (χ4v) is 2.75. The van der Waals surface area contributed by atoms with Crippen molar-refractivity contribution in [2.75, 3.05) is 43.4 Å². The van der Waals surface area contributed by atoms with Gasteiger partial charge in [-0.15, -0.1) is 0 Å². The standard InChI is InChI=1S/C15H20N4/c1-2-18-8-10-19(11-9-18)15-14-12(6-7-17-15)4-3-5-13(14)16/h3-7H,2,8-11,16H2,1H3. The molecule has 4 heteroatoms. The van der Waals surface area contributed by atoms with Crippen LogP contribution in [0.5, 0.6) is 0 Å². The van der Waals surface area contributed by atoms with E-state index in [1.165, 1.54) is 5.39 Å². The van der Waals surface area contributed by atoms with Crippen LogP contribution in [0.1, 0.15) is 6.92 Å². The molecular formula is C15H20N4. The summed E-state index contributed by atoms with van der Waals surface area (Å²) in [6, 6.07) is 8.07. The number of nitrogens with two attached hydrogens (primary N) is 1. The van der Waals surface area contributed by atoms with E-state index in [2.05, 4.69) is 27.8 Å². The molecular weight excluding hydrogens is 236 g/mol. The second-order valence-corrected chi connectivity index (χ2v) is 5.00. The van der Waals surface area contributed by atoms with Gasteiger partial charge in [0.2, 0.25) is 0 Å². The first-order valence-electron chi connectivity index (χ1n) is 6.90. The first-order chi connectivity index (χ1) is 9.29. The summed E-state index contributed by atoms with van der Waals surface area (Å²) in [6.07, 6.45) is 1.88. The molecule has 0 radical (unpaired) electrons. The number of pyridine rings is 1. The van der Waals surface area contributed by atoms with Crippen molar-refractivity contribution in [1.82, 2.24) is 9.88 Å². The van der Waals surface area contributed by atoms with E-state index < -0.39 is 0 Å². The van der Waals surface area contributed by atoms with Crippen molar-refractivity contribution in [3.63, 3.8) is 0 Å². The van der Waals surface area contributed by atoms with E-state index in [-0.39, 0.29) is 0 Å². The minimum absolute atomic E-state index is 0.818. The fourth-order valence-electron chi connectivity index (χ4n) is 2.75. The van der Waals surface area contributed by atoms with Crippen LogP contribution in [-0.2, 0) is 0 Å². The molecule has 100 valence electrons. The lowest BCUT2D eigenvalue weighted by molar-refractivity contribution is 0.271. The molecule has 1 aromatic carbocycles. The highest BCUT2D eigenvalue weighted by molar-refractivity contribution is 6.01. The van der Waals surface area contributed by atoms with Gasteiger partial charge in [-0.1, -0.05) is 19.1 Å². The summed E-state index contributed by atoms with van der Waals surface area (Å²) in [5.74, 6) is 1.03. The quantitative estimate of drug-likeness (QED) is 0.834. The number of benzene rings is 1. The second kappa shape index (κ2) is 5.05. The van der Waals surface area contributed by atoms with E-state index in [0.717, 1.165) is 49.6 Å². The van der Waals surface area contributed by atoms with Gasteiger partial charge in [-0.05, 0) is 24.1 Å². The number of fused-ring (bicyclic) bond motifs is 1. The topological polar surface area (TPSA) is 45.4 Å². The average Bonchev–Trinajstić information content (AvgIpc) is 2.47. The zero-order valence-electron chi connectivity index (χ0n) is 11.3. The Hall–Kier alpha value is -1.81. The van der Waals surface area contributed by atoms with Gasteiger partial charge in [0, 0.05) is 43.4 Å². The Morgan fingerprint density at radius 1 is 1.16 bits per heavy atom. The third-order valence-electron chi connectivity index (χ3n) is 3.92. The number of hydrogen-bond donors (Lipinski definition) is 1. The zero-order chi connectivity index (χ0) is 13.2. The van der Waals surface area contributed by atoms with E-state index >= 15 is 0 Å². The van der Waals surface area contributed by atoms with Crippen LogP contribution in [-0.4, -0.2) is 42.6 Å². The van der Waals surface area contributed by atoms with E-state index in [9.17, 15) is 0 Å². The molecule has 1 aromatic heterocycles.